The molecule has 0 radical (unpaired) electrons. The number of carbonyl (C=O) groups excluding carboxylic acids is 1. The van der Waals surface area contributed by atoms with E-state index >= 15 is 0 Å². The molecule has 0 aliphatic carbocycles. The molecule has 2 heterocycles. The van der Waals surface area contributed by atoms with Crippen molar-refractivity contribution < 1.29 is 4.79 Å². The van der Waals surface area contributed by atoms with Gasteiger partial charge in [0.25, 0.3) is 0 Å². The third kappa shape index (κ3) is 1.99. The number of ketones is 1. The van der Waals surface area contributed by atoms with Crippen molar-refractivity contribution in [1.29, 1.82) is 0 Å². The van der Waals surface area contributed by atoms with Crippen LogP contribution in [0.4, 0.5) is 0 Å². The molecule has 1 N–H and O–H groups in total. The Hall–Kier alpha value is -0.670. The van der Waals surface area contributed by atoms with Gasteiger partial charge in [-0.05, 0) is 30.8 Å². The highest BCUT2D eigenvalue weighted by Crippen LogP contribution is 2.35. The minimum Gasteiger partial charge on any atom is -0.316 e. The predicted molar refractivity (Wildman–Crippen MR) is 63.5 cm³/mol. The molecule has 0 aromatic carbocycles. The Balaban J connectivity index is 2.21. The van der Waals surface area contributed by atoms with Crippen molar-refractivity contribution in [3.8, 4) is 0 Å². The zero-order valence-electron chi connectivity index (χ0n) is 9.08. The molecular formula is C12H17NOS. The third-order valence-corrected chi connectivity index (χ3v) is 4.07. The first-order valence-corrected chi connectivity index (χ1v) is 6.45. The fraction of sp³-hybridized carbons (Fsp3) is 0.583. The van der Waals surface area contributed by atoms with Gasteiger partial charge in [0, 0.05) is 12.0 Å². The lowest BCUT2D eigenvalue weighted by molar-refractivity contribution is 0.0806. The average Bonchev–Trinajstić information content (AvgIpc) is 2.88. The van der Waals surface area contributed by atoms with Gasteiger partial charge in [-0.1, -0.05) is 19.4 Å². The molecule has 1 aliphatic rings. The maximum absolute atomic E-state index is 12.4. The Morgan fingerprint density at radius 1 is 1.67 bits per heavy atom. The van der Waals surface area contributed by atoms with Crippen LogP contribution in [-0.4, -0.2) is 18.9 Å². The van der Waals surface area contributed by atoms with E-state index in [1.54, 1.807) is 11.3 Å². The topological polar surface area (TPSA) is 29.1 Å². The fourth-order valence-corrected chi connectivity index (χ4v) is 3.20. The molecule has 0 amide bonds. The van der Waals surface area contributed by atoms with Gasteiger partial charge < -0.3 is 5.32 Å². The Morgan fingerprint density at radius 3 is 3.07 bits per heavy atom. The first kappa shape index (κ1) is 10.8. The maximum Gasteiger partial charge on any atom is 0.180 e. The molecule has 3 heteroatoms. The van der Waals surface area contributed by atoms with E-state index in [1.165, 1.54) is 0 Å². The van der Waals surface area contributed by atoms with E-state index in [1.807, 2.05) is 17.5 Å². The Bertz CT molecular complexity index is 325. The SMILES string of the molecule is CCCC1(C(=O)c2cccs2)CCNC1. The van der Waals surface area contributed by atoms with Crippen LogP contribution in [0.25, 0.3) is 0 Å². The third-order valence-electron chi connectivity index (χ3n) is 3.20. The fourth-order valence-electron chi connectivity index (χ4n) is 2.41. The monoisotopic (exact) mass is 223 g/mol. The van der Waals surface area contributed by atoms with Gasteiger partial charge in [0.05, 0.1) is 4.88 Å². The molecule has 1 aromatic rings. The second-order valence-corrected chi connectivity index (χ2v) is 5.21. The lowest BCUT2D eigenvalue weighted by Gasteiger charge is -2.25. The van der Waals surface area contributed by atoms with E-state index in [9.17, 15) is 4.79 Å². The van der Waals surface area contributed by atoms with Gasteiger partial charge in [0.2, 0.25) is 0 Å². The summed E-state index contributed by atoms with van der Waals surface area (Å²) in [5.41, 5.74) is -0.112. The van der Waals surface area contributed by atoms with Gasteiger partial charge >= 0.3 is 0 Å². The standard InChI is InChI=1S/C12H17NOS/c1-2-5-12(6-7-13-9-12)11(14)10-4-3-8-15-10/h3-4,8,13H,2,5-7,9H2,1H3. The molecule has 15 heavy (non-hydrogen) atoms. The molecule has 2 rings (SSSR count). The number of hydrogen-bond donors (Lipinski definition) is 1. The van der Waals surface area contributed by atoms with Crippen LogP contribution < -0.4 is 5.32 Å². The van der Waals surface area contributed by atoms with Crippen LogP contribution in [0.2, 0.25) is 0 Å². The van der Waals surface area contributed by atoms with E-state index in [2.05, 4.69) is 12.2 Å². The smallest absolute Gasteiger partial charge is 0.180 e. The Labute approximate surface area is 94.7 Å². The van der Waals surface area contributed by atoms with Gasteiger partial charge in [-0.3, -0.25) is 4.79 Å². The number of Topliss-reactive ketones (excluding diaryl/α,β-unsaturated/α-hetero) is 1. The molecule has 1 aromatic heterocycles. The van der Waals surface area contributed by atoms with E-state index in [0.29, 0.717) is 5.78 Å². The second kappa shape index (κ2) is 4.45. The molecule has 1 saturated heterocycles. The zero-order valence-corrected chi connectivity index (χ0v) is 9.90. The summed E-state index contributed by atoms with van der Waals surface area (Å²) in [6.45, 7) is 4.00. The van der Waals surface area contributed by atoms with Crippen molar-refractivity contribution in [2.45, 2.75) is 26.2 Å². The first-order valence-electron chi connectivity index (χ1n) is 5.57. The van der Waals surface area contributed by atoms with Crippen molar-refractivity contribution in [2.75, 3.05) is 13.1 Å². The van der Waals surface area contributed by atoms with E-state index in [0.717, 1.165) is 37.2 Å². The lowest BCUT2D eigenvalue weighted by Crippen LogP contribution is -2.33. The summed E-state index contributed by atoms with van der Waals surface area (Å²) in [4.78, 5) is 13.3. The van der Waals surface area contributed by atoms with E-state index in [-0.39, 0.29) is 5.41 Å². The van der Waals surface area contributed by atoms with Crippen LogP contribution >= 0.6 is 11.3 Å². The summed E-state index contributed by atoms with van der Waals surface area (Å²) < 4.78 is 0. The van der Waals surface area contributed by atoms with E-state index < -0.39 is 0 Å². The van der Waals surface area contributed by atoms with Gasteiger partial charge in [0.15, 0.2) is 5.78 Å². The largest absolute Gasteiger partial charge is 0.316 e. The molecule has 1 unspecified atom stereocenters. The normalized spacial score (nSPS) is 25.7. The number of hydrogen-bond acceptors (Lipinski definition) is 3. The highest BCUT2D eigenvalue weighted by Gasteiger charge is 2.40. The Kier molecular flexibility index (Phi) is 3.22. The molecule has 82 valence electrons. The first-order chi connectivity index (χ1) is 7.28. The van der Waals surface area contributed by atoms with Crippen molar-refractivity contribution >= 4 is 17.1 Å². The molecule has 0 bridgehead atoms. The van der Waals surface area contributed by atoms with Crippen LogP contribution in [0, 0.1) is 5.41 Å². The quantitative estimate of drug-likeness (QED) is 0.795. The van der Waals surface area contributed by atoms with Gasteiger partial charge in [0.1, 0.15) is 0 Å². The summed E-state index contributed by atoms with van der Waals surface area (Å²) in [6.07, 6.45) is 3.09. The average molecular weight is 223 g/mol. The Morgan fingerprint density at radius 2 is 2.53 bits per heavy atom. The van der Waals surface area contributed by atoms with E-state index in [4.69, 9.17) is 0 Å². The molecule has 1 atom stereocenters. The minimum absolute atomic E-state index is 0.112. The number of carbonyl (C=O) groups is 1. The predicted octanol–water partition coefficient (Wildman–Crippen LogP) is 2.71. The summed E-state index contributed by atoms with van der Waals surface area (Å²) >= 11 is 1.56. The molecule has 1 aliphatic heterocycles. The van der Waals surface area contributed by atoms with Crippen LogP contribution in [-0.2, 0) is 0 Å². The molecule has 0 saturated carbocycles. The highest BCUT2D eigenvalue weighted by atomic mass is 32.1. The maximum atomic E-state index is 12.4. The summed E-state index contributed by atoms with van der Waals surface area (Å²) in [5.74, 6) is 0.351. The van der Waals surface area contributed by atoms with Crippen molar-refractivity contribution in [2.24, 2.45) is 5.41 Å². The number of nitrogens with one attached hydrogen (secondary N) is 1. The van der Waals surface area contributed by atoms with Crippen LogP contribution in [0.5, 0.6) is 0 Å². The van der Waals surface area contributed by atoms with Crippen LogP contribution in [0.3, 0.4) is 0 Å². The highest BCUT2D eigenvalue weighted by molar-refractivity contribution is 7.12. The molecule has 2 nitrogen and oxygen atoms in total. The van der Waals surface area contributed by atoms with Gasteiger partial charge in [-0.25, -0.2) is 0 Å². The minimum atomic E-state index is -0.112. The molecule has 1 fully saturated rings. The number of rotatable bonds is 4. The molecule has 0 spiro atoms. The summed E-state index contributed by atoms with van der Waals surface area (Å²) in [5, 5.41) is 5.31. The van der Waals surface area contributed by atoms with Crippen LogP contribution in [0.15, 0.2) is 17.5 Å². The van der Waals surface area contributed by atoms with Crippen LogP contribution in [0.1, 0.15) is 35.9 Å². The summed E-state index contributed by atoms with van der Waals surface area (Å²) in [6, 6.07) is 3.91. The van der Waals surface area contributed by atoms with Gasteiger partial charge in [-0.15, -0.1) is 11.3 Å². The zero-order chi connectivity index (χ0) is 10.7. The van der Waals surface area contributed by atoms with Gasteiger partial charge in [-0.2, -0.15) is 0 Å². The van der Waals surface area contributed by atoms with Crippen molar-refractivity contribution in [3.05, 3.63) is 22.4 Å². The summed E-state index contributed by atoms with van der Waals surface area (Å²) in [7, 11) is 0. The van der Waals surface area contributed by atoms with Crippen molar-refractivity contribution in [3.63, 3.8) is 0 Å². The molecular weight excluding hydrogens is 206 g/mol. The van der Waals surface area contributed by atoms with Crippen molar-refractivity contribution in [1.82, 2.24) is 5.32 Å². The lowest BCUT2D eigenvalue weighted by atomic mass is 9.78. The number of thiophene rings is 1. The second-order valence-electron chi connectivity index (χ2n) is 4.26.